The van der Waals surface area contributed by atoms with Crippen molar-refractivity contribution in [3.8, 4) is 11.3 Å². The van der Waals surface area contributed by atoms with Crippen molar-refractivity contribution < 1.29 is 18.9 Å². The summed E-state index contributed by atoms with van der Waals surface area (Å²) in [5.74, 6) is 0.268. The first kappa shape index (κ1) is 17.7. The molecule has 1 N–H and O–H groups in total. The van der Waals surface area contributed by atoms with Gasteiger partial charge in [0.15, 0.2) is 10.5 Å². The Morgan fingerprint density at radius 2 is 2.08 bits per heavy atom. The molecule has 1 aliphatic rings. The highest BCUT2D eigenvalue weighted by atomic mass is 32.2. The van der Waals surface area contributed by atoms with Crippen LogP contribution >= 0.6 is 11.8 Å². The predicted molar refractivity (Wildman–Crippen MR) is 94.9 cm³/mol. The quantitative estimate of drug-likeness (QED) is 0.652. The summed E-state index contributed by atoms with van der Waals surface area (Å²) in [6.07, 6.45) is 0. The third kappa shape index (κ3) is 3.59. The summed E-state index contributed by atoms with van der Waals surface area (Å²) >= 11 is 1.17. The van der Waals surface area contributed by atoms with Gasteiger partial charge in [-0.25, -0.2) is 5.01 Å². The van der Waals surface area contributed by atoms with E-state index in [9.17, 15) is 19.7 Å². The summed E-state index contributed by atoms with van der Waals surface area (Å²) < 4.78 is 5.80. The van der Waals surface area contributed by atoms with Crippen LogP contribution < -0.4 is 5.32 Å². The molecule has 0 radical (unpaired) electrons. The average Bonchev–Trinajstić information content (AvgIpc) is 3.21. The molecule has 0 saturated carbocycles. The minimum absolute atomic E-state index is 0.0441. The number of hydrogen-bond donors (Lipinski definition) is 1. The number of furan rings is 1. The zero-order chi connectivity index (χ0) is 18.8. The lowest BCUT2D eigenvalue weighted by atomic mass is 10.1. The summed E-state index contributed by atoms with van der Waals surface area (Å²) in [4.78, 5) is 33.5. The number of carbonyl (C=O) groups excluding carboxylic acids is 2. The van der Waals surface area contributed by atoms with Gasteiger partial charge in [0.2, 0.25) is 11.8 Å². The molecular formula is C16H14N4O5S. The number of non-ortho nitro benzene ring substituents is 1. The average molecular weight is 374 g/mol. The van der Waals surface area contributed by atoms with Crippen molar-refractivity contribution in [2.45, 2.75) is 19.2 Å². The highest BCUT2D eigenvalue weighted by molar-refractivity contribution is 8.14. The van der Waals surface area contributed by atoms with Crippen LogP contribution in [0.2, 0.25) is 0 Å². The molecule has 1 atom stereocenters. The van der Waals surface area contributed by atoms with Crippen LogP contribution in [-0.4, -0.2) is 26.9 Å². The van der Waals surface area contributed by atoms with E-state index >= 15 is 0 Å². The van der Waals surface area contributed by atoms with Crippen LogP contribution in [0.25, 0.3) is 11.3 Å². The molecule has 1 unspecified atom stereocenters. The zero-order valence-corrected chi connectivity index (χ0v) is 14.6. The molecule has 134 valence electrons. The number of amides is 2. The number of nitrogens with one attached hydrogen (secondary N) is 1. The number of nitro benzene ring substituents is 1. The molecule has 2 amide bonds. The topological polar surface area (TPSA) is 118 Å². The molecule has 3 rings (SSSR count). The van der Waals surface area contributed by atoms with Crippen LogP contribution in [-0.2, 0) is 9.59 Å². The molecular weight excluding hydrogens is 360 g/mol. The predicted octanol–water partition coefficient (Wildman–Crippen LogP) is 2.86. The molecule has 1 aromatic heterocycles. The van der Waals surface area contributed by atoms with Gasteiger partial charge in [-0.05, 0) is 12.1 Å². The van der Waals surface area contributed by atoms with Gasteiger partial charge < -0.3 is 9.73 Å². The maximum Gasteiger partial charge on any atom is 0.270 e. The van der Waals surface area contributed by atoms with Gasteiger partial charge in [0.25, 0.3) is 5.69 Å². The smallest absolute Gasteiger partial charge is 0.270 e. The number of hydrogen-bond acceptors (Lipinski definition) is 7. The third-order valence-corrected chi connectivity index (χ3v) is 4.52. The van der Waals surface area contributed by atoms with Gasteiger partial charge in [-0.3, -0.25) is 19.7 Å². The lowest BCUT2D eigenvalue weighted by Gasteiger charge is -2.16. The first-order chi connectivity index (χ1) is 12.3. The molecule has 1 aromatic carbocycles. The molecule has 0 spiro atoms. The van der Waals surface area contributed by atoms with Crippen LogP contribution in [0.15, 0.2) is 45.9 Å². The normalized spacial score (nSPS) is 16.3. The minimum atomic E-state index is -0.568. The molecule has 1 aliphatic heterocycles. The van der Waals surface area contributed by atoms with Crippen molar-refractivity contribution in [3.05, 3.63) is 52.3 Å². The van der Waals surface area contributed by atoms with Crippen LogP contribution in [0.3, 0.4) is 0 Å². The number of hydrazone groups is 1. The number of nitrogens with zero attached hydrogens (tertiary/aromatic N) is 3. The lowest BCUT2D eigenvalue weighted by Crippen LogP contribution is -2.25. The van der Waals surface area contributed by atoms with Crippen molar-refractivity contribution in [1.82, 2.24) is 10.3 Å². The maximum atomic E-state index is 11.8. The van der Waals surface area contributed by atoms with E-state index in [2.05, 4.69) is 10.4 Å². The van der Waals surface area contributed by atoms with Gasteiger partial charge in [0, 0.05) is 31.5 Å². The van der Waals surface area contributed by atoms with E-state index in [4.69, 9.17) is 4.42 Å². The van der Waals surface area contributed by atoms with Crippen LogP contribution in [0.4, 0.5) is 5.69 Å². The van der Waals surface area contributed by atoms with Crippen molar-refractivity contribution in [2.75, 3.05) is 0 Å². The number of benzene rings is 1. The van der Waals surface area contributed by atoms with E-state index in [1.54, 1.807) is 24.3 Å². The highest BCUT2D eigenvalue weighted by Gasteiger charge is 2.34. The fraction of sp³-hybridized carbons (Fsp3) is 0.188. The van der Waals surface area contributed by atoms with Gasteiger partial charge in [0.05, 0.1) is 4.92 Å². The SMILES string of the molecule is CC(=O)NC1=NN(C(C)=O)C(c2ccc(-c3cccc([N+](=O)[O-])c3)o2)S1. The monoisotopic (exact) mass is 374 g/mol. The van der Waals surface area contributed by atoms with E-state index in [1.165, 1.54) is 42.8 Å². The third-order valence-electron chi connectivity index (χ3n) is 3.46. The van der Waals surface area contributed by atoms with Crippen molar-refractivity contribution in [2.24, 2.45) is 5.10 Å². The minimum Gasteiger partial charge on any atom is -0.458 e. The molecule has 2 aromatic rings. The largest absolute Gasteiger partial charge is 0.458 e. The number of amidine groups is 1. The number of rotatable bonds is 3. The van der Waals surface area contributed by atoms with Crippen molar-refractivity contribution in [3.63, 3.8) is 0 Å². The van der Waals surface area contributed by atoms with E-state index in [0.717, 1.165) is 0 Å². The van der Waals surface area contributed by atoms with E-state index < -0.39 is 10.3 Å². The number of thioether (sulfide) groups is 1. The van der Waals surface area contributed by atoms with E-state index in [0.29, 0.717) is 22.3 Å². The second kappa shape index (κ2) is 7.00. The first-order valence-electron chi connectivity index (χ1n) is 7.52. The van der Waals surface area contributed by atoms with Crippen LogP contribution in [0.1, 0.15) is 25.0 Å². The second-order valence-corrected chi connectivity index (χ2v) is 6.50. The van der Waals surface area contributed by atoms with Crippen LogP contribution in [0, 0.1) is 10.1 Å². The Hall–Kier alpha value is -3.14. The Morgan fingerprint density at radius 1 is 1.31 bits per heavy atom. The zero-order valence-electron chi connectivity index (χ0n) is 13.8. The molecule has 10 heteroatoms. The first-order valence-corrected chi connectivity index (χ1v) is 8.40. The van der Waals surface area contributed by atoms with Gasteiger partial charge in [-0.15, -0.1) is 5.10 Å². The van der Waals surface area contributed by atoms with Crippen molar-refractivity contribution >= 4 is 34.4 Å². The summed E-state index contributed by atoms with van der Waals surface area (Å²) in [7, 11) is 0. The Kier molecular flexibility index (Phi) is 4.76. The van der Waals surface area contributed by atoms with Gasteiger partial charge in [-0.1, -0.05) is 23.9 Å². The van der Waals surface area contributed by atoms with E-state index in [-0.39, 0.29) is 17.5 Å². The standard InChI is InChI=1S/C16H14N4O5S/c1-9(21)17-16-18-19(10(2)22)15(26-16)14-7-6-13(25-14)11-4-3-5-12(8-11)20(23)24/h3-8,15H,1-2H3,(H,17,18,21). The summed E-state index contributed by atoms with van der Waals surface area (Å²) in [5.41, 5.74) is 0.503. The highest BCUT2D eigenvalue weighted by Crippen LogP contribution is 2.40. The fourth-order valence-electron chi connectivity index (χ4n) is 2.36. The molecule has 0 saturated heterocycles. The van der Waals surface area contributed by atoms with Crippen LogP contribution in [0.5, 0.6) is 0 Å². The molecule has 26 heavy (non-hydrogen) atoms. The Morgan fingerprint density at radius 3 is 2.73 bits per heavy atom. The second-order valence-electron chi connectivity index (χ2n) is 5.43. The van der Waals surface area contributed by atoms with Crippen molar-refractivity contribution in [1.29, 1.82) is 0 Å². The number of nitro groups is 1. The van der Waals surface area contributed by atoms with E-state index in [1.807, 2.05) is 0 Å². The Bertz CT molecular complexity index is 923. The summed E-state index contributed by atoms with van der Waals surface area (Å²) in [6.45, 7) is 2.71. The molecule has 0 bridgehead atoms. The fourth-order valence-corrected chi connectivity index (χ4v) is 3.45. The molecule has 0 aliphatic carbocycles. The number of carbonyl (C=O) groups is 2. The molecule has 2 heterocycles. The Labute approximate surface area is 152 Å². The summed E-state index contributed by atoms with van der Waals surface area (Å²) in [5, 5.41) is 18.5. The van der Waals surface area contributed by atoms with Gasteiger partial charge in [-0.2, -0.15) is 0 Å². The van der Waals surface area contributed by atoms with Gasteiger partial charge >= 0.3 is 0 Å². The van der Waals surface area contributed by atoms with Gasteiger partial charge in [0.1, 0.15) is 11.5 Å². The Balaban J connectivity index is 1.87. The molecule has 0 fully saturated rings. The maximum absolute atomic E-state index is 11.8. The molecule has 9 nitrogen and oxygen atoms in total. The lowest BCUT2D eigenvalue weighted by molar-refractivity contribution is -0.384. The summed E-state index contributed by atoms with van der Waals surface area (Å²) in [6, 6.07) is 9.41.